The zero-order valence-electron chi connectivity index (χ0n) is 11.5. The molecule has 2 rings (SSSR count). The number of rotatable bonds is 2. The Morgan fingerprint density at radius 2 is 1.79 bits per heavy atom. The maximum absolute atomic E-state index is 12.4. The second-order valence-electron chi connectivity index (χ2n) is 5.31. The van der Waals surface area contributed by atoms with E-state index < -0.39 is 0 Å². The quantitative estimate of drug-likeness (QED) is 0.783. The number of piperidine rings is 1. The van der Waals surface area contributed by atoms with Gasteiger partial charge >= 0.3 is 5.97 Å². The van der Waals surface area contributed by atoms with E-state index in [1.54, 1.807) is 12.1 Å². The minimum atomic E-state index is -0.385. The first-order valence-corrected chi connectivity index (χ1v) is 7.30. The van der Waals surface area contributed by atoms with Crippen LogP contribution in [0, 0.1) is 11.8 Å². The number of thiophene rings is 1. The van der Waals surface area contributed by atoms with Crippen LogP contribution in [0.3, 0.4) is 0 Å². The van der Waals surface area contributed by atoms with E-state index in [0.29, 0.717) is 21.6 Å². The number of esters is 1. The van der Waals surface area contributed by atoms with Gasteiger partial charge in [-0.2, -0.15) is 0 Å². The van der Waals surface area contributed by atoms with Gasteiger partial charge in [-0.1, -0.05) is 13.8 Å². The molecule has 0 saturated carbocycles. The van der Waals surface area contributed by atoms with Crippen molar-refractivity contribution in [2.45, 2.75) is 20.3 Å². The van der Waals surface area contributed by atoms with E-state index in [-0.39, 0.29) is 11.9 Å². The van der Waals surface area contributed by atoms with Crippen LogP contribution < -0.4 is 0 Å². The molecule has 0 radical (unpaired) electrons. The Kier molecular flexibility index (Phi) is 4.24. The molecule has 2 heterocycles. The molecule has 19 heavy (non-hydrogen) atoms. The molecular formula is C14H19NO3S. The van der Waals surface area contributed by atoms with Gasteiger partial charge in [0.25, 0.3) is 5.91 Å². The van der Waals surface area contributed by atoms with Crippen LogP contribution in [0.25, 0.3) is 0 Å². The van der Waals surface area contributed by atoms with E-state index in [1.165, 1.54) is 24.9 Å². The summed E-state index contributed by atoms with van der Waals surface area (Å²) < 4.78 is 4.66. The number of likely N-dealkylation sites (tertiary alicyclic amines) is 1. The third-order valence-corrected chi connectivity index (χ3v) is 4.41. The van der Waals surface area contributed by atoms with Gasteiger partial charge < -0.3 is 9.64 Å². The molecule has 1 saturated heterocycles. The molecule has 104 valence electrons. The summed E-state index contributed by atoms with van der Waals surface area (Å²) in [6.45, 7) is 5.94. The number of nitrogens with zero attached hydrogens (tertiary/aromatic N) is 1. The van der Waals surface area contributed by atoms with Crippen molar-refractivity contribution in [3.8, 4) is 0 Å². The zero-order valence-corrected chi connectivity index (χ0v) is 12.3. The van der Waals surface area contributed by atoms with Crippen molar-refractivity contribution in [2.24, 2.45) is 11.8 Å². The van der Waals surface area contributed by atoms with Crippen LogP contribution in [0.1, 0.15) is 39.6 Å². The second-order valence-corrected chi connectivity index (χ2v) is 6.40. The van der Waals surface area contributed by atoms with Crippen LogP contribution in [-0.2, 0) is 4.74 Å². The van der Waals surface area contributed by atoms with Crippen LogP contribution >= 0.6 is 11.3 Å². The van der Waals surface area contributed by atoms with Gasteiger partial charge in [-0.3, -0.25) is 4.79 Å². The smallest absolute Gasteiger partial charge is 0.348 e. The Balaban J connectivity index is 2.11. The fraction of sp³-hybridized carbons (Fsp3) is 0.571. The van der Waals surface area contributed by atoms with Crippen molar-refractivity contribution < 1.29 is 14.3 Å². The van der Waals surface area contributed by atoms with Crippen molar-refractivity contribution in [3.05, 3.63) is 21.9 Å². The standard InChI is InChI=1S/C14H19NO3S/c1-9-6-10(2)8-15(7-9)13(16)11-4-5-12(19-11)14(17)18-3/h4-5,9-10H,6-8H2,1-3H3. The fourth-order valence-electron chi connectivity index (χ4n) is 2.65. The lowest BCUT2D eigenvalue weighted by molar-refractivity contribution is 0.0605. The minimum absolute atomic E-state index is 0.0264. The highest BCUT2D eigenvalue weighted by molar-refractivity contribution is 7.15. The van der Waals surface area contributed by atoms with Crippen molar-refractivity contribution >= 4 is 23.2 Å². The average Bonchev–Trinajstić information content (AvgIpc) is 2.85. The SMILES string of the molecule is COC(=O)c1ccc(C(=O)N2CC(C)CC(C)C2)s1. The number of methoxy groups -OCH3 is 1. The monoisotopic (exact) mass is 281 g/mol. The van der Waals surface area contributed by atoms with Crippen LogP contribution in [0.4, 0.5) is 0 Å². The summed E-state index contributed by atoms with van der Waals surface area (Å²) in [5.41, 5.74) is 0. The fourth-order valence-corrected chi connectivity index (χ4v) is 3.54. The Morgan fingerprint density at radius 3 is 2.37 bits per heavy atom. The molecule has 2 atom stereocenters. The first-order valence-electron chi connectivity index (χ1n) is 6.48. The molecule has 1 aromatic rings. The Morgan fingerprint density at radius 1 is 1.21 bits per heavy atom. The topological polar surface area (TPSA) is 46.6 Å². The third-order valence-electron chi connectivity index (χ3n) is 3.36. The Labute approximate surface area is 117 Å². The molecule has 1 amide bonds. The molecule has 1 aliphatic heterocycles. The molecule has 0 aromatic carbocycles. The van der Waals surface area contributed by atoms with Crippen LogP contribution in [-0.4, -0.2) is 37.0 Å². The molecule has 2 unspecified atom stereocenters. The second kappa shape index (κ2) is 5.74. The number of amides is 1. The van der Waals surface area contributed by atoms with Gasteiger partial charge in [-0.05, 0) is 30.4 Å². The van der Waals surface area contributed by atoms with E-state index >= 15 is 0 Å². The highest BCUT2D eigenvalue weighted by atomic mass is 32.1. The largest absolute Gasteiger partial charge is 0.465 e. The lowest BCUT2D eigenvalue weighted by atomic mass is 9.92. The molecule has 0 bridgehead atoms. The highest BCUT2D eigenvalue weighted by Crippen LogP contribution is 2.25. The molecule has 4 nitrogen and oxygen atoms in total. The van der Waals surface area contributed by atoms with Gasteiger partial charge in [0, 0.05) is 13.1 Å². The predicted molar refractivity (Wildman–Crippen MR) is 74.5 cm³/mol. The van der Waals surface area contributed by atoms with Crippen molar-refractivity contribution in [3.63, 3.8) is 0 Å². The number of carbonyl (C=O) groups excluding carboxylic acids is 2. The summed E-state index contributed by atoms with van der Waals surface area (Å²) in [7, 11) is 1.34. The summed E-state index contributed by atoms with van der Waals surface area (Å²) >= 11 is 1.20. The van der Waals surface area contributed by atoms with Gasteiger partial charge in [0.05, 0.1) is 12.0 Å². The molecule has 1 aliphatic rings. The van der Waals surface area contributed by atoms with Gasteiger partial charge in [0.15, 0.2) is 0 Å². The molecule has 0 aliphatic carbocycles. The predicted octanol–water partition coefficient (Wildman–Crippen LogP) is 2.65. The van der Waals surface area contributed by atoms with Crippen LogP contribution in [0.5, 0.6) is 0 Å². The molecular weight excluding hydrogens is 262 g/mol. The summed E-state index contributed by atoms with van der Waals surface area (Å²) in [4.78, 5) is 26.8. The van der Waals surface area contributed by atoms with E-state index in [4.69, 9.17) is 0 Å². The lowest BCUT2D eigenvalue weighted by Gasteiger charge is -2.34. The summed E-state index contributed by atoms with van der Waals surface area (Å²) in [5.74, 6) is 0.712. The van der Waals surface area contributed by atoms with Crippen LogP contribution in [0.2, 0.25) is 0 Å². The van der Waals surface area contributed by atoms with E-state index in [1.807, 2.05) is 4.90 Å². The van der Waals surface area contributed by atoms with Gasteiger partial charge in [-0.15, -0.1) is 11.3 Å². The molecule has 5 heteroatoms. The first kappa shape index (κ1) is 14.1. The van der Waals surface area contributed by atoms with E-state index in [9.17, 15) is 9.59 Å². The maximum Gasteiger partial charge on any atom is 0.348 e. The summed E-state index contributed by atoms with van der Waals surface area (Å²) in [6, 6.07) is 3.36. The Bertz CT molecular complexity index is 473. The normalized spacial score (nSPS) is 23.2. The minimum Gasteiger partial charge on any atom is -0.465 e. The molecule has 1 fully saturated rings. The lowest BCUT2D eigenvalue weighted by Crippen LogP contribution is -2.42. The van der Waals surface area contributed by atoms with Crippen molar-refractivity contribution in [1.82, 2.24) is 4.90 Å². The zero-order chi connectivity index (χ0) is 14.0. The van der Waals surface area contributed by atoms with Gasteiger partial charge in [-0.25, -0.2) is 4.79 Å². The summed E-state index contributed by atoms with van der Waals surface area (Å²) in [6.07, 6.45) is 1.17. The first-order chi connectivity index (χ1) is 9.01. The number of hydrogen-bond donors (Lipinski definition) is 0. The number of ether oxygens (including phenoxy) is 1. The van der Waals surface area contributed by atoms with Gasteiger partial charge in [0.2, 0.25) is 0 Å². The van der Waals surface area contributed by atoms with Crippen molar-refractivity contribution in [2.75, 3.05) is 20.2 Å². The number of hydrogen-bond acceptors (Lipinski definition) is 4. The Hall–Kier alpha value is -1.36. The molecule has 0 N–H and O–H groups in total. The van der Waals surface area contributed by atoms with Crippen LogP contribution in [0.15, 0.2) is 12.1 Å². The van der Waals surface area contributed by atoms with Crippen molar-refractivity contribution in [1.29, 1.82) is 0 Å². The maximum atomic E-state index is 12.4. The molecule has 0 spiro atoms. The van der Waals surface area contributed by atoms with E-state index in [0.717, 1.165) is 13.1 Å². The summed E-state index contributed by atoms with van der Waals surface area (Å²) in [5, 5.41) is 0. The van der Waals surface area contributed by atoms with Gasteiger partial charge in [0.1, 0.15) is 4.88 Å². The number of carbonyl (C=O) groups is 2. The third kappa shape index (κ3) is 3.15. The van der Waals surface area contributed by atoms with E-state index in [2.05, 4.69) is 18.6 Å². The average molecular weight is 281 g/mol. The highest BCUT2D eigenvalue weighted by Gasteiger charge is 2.27. The molecule has 1 aromatic heterocycles.